The van der Waals surface area contributed by atoms with Gasteiger partial charge in [-0.15, -0.1) is 0 Å². The van der Waals surface area contributed by atoms with Crippen molar-refractivity contribution in [3.63, 3.8) is 0 Å². The van der Waals surface area contributed by atoms with Crippen LogP contribution in [-0.2, 0) is 16.0 Å². The predicted octanol–water partition coefficient (Wildman–Crippen LogP) is 1.33. The van der Waals surface area contributed by atoms with Crippen molar-refractivity contribution in [3.8, 4) is 5.75 Å². The third-order valence-electron chi connectivity index (χ3n) is 1.83. The first-order chi connectivity index (χ1) is 8.45. The van der Waals surface area contributed by atoms with Crippen LogP contribution >= 0.6 is 0 Å². The van der Waals surface area contributed by atoms with Gasteiger partial charge in [0.25, 0.3) is 5.97 Å². The van der Waals surface area contributed by atoms with Crippen molar-refractivity contribution in [2.45, 2.75) is 13.3 Å². The van der Waals surface area contributed by atoms with Crippen molar-refractivity contribution < 1.29 is 19.8 Å². The molecule has 5 nitrogen and oxygen atoms in total. The molecule has 0 unspecified atom stereocenters. The van der Waals surface area contributed by atoms with Crippen molar-refractivity contribution in [1.82, 2.24) is 5.32 Å². The molecule has 18 heavy (non-hydrogen) atoms. The summed E-state index contributed by atoms with van der Waals surface area (Å²) in [5.41, 5.74) is 1.08. The molecule has 0 spiro atoms. The first-order valence-electron chi connectivity index (χ1n) is 5.33. The largest absolute Gasteiger partial charge is 0.508 e. The van der Waals surface area contributed by atoms with Crippen LogP contribution < -0.4 is 5.32 Å². The van der Waals surface area contributed by atoms with Crippen molar-refractivity contribution in [2.75, 3.05) is 6.54 Å². The highest BCUT2D eigenvalue weighted by atomic mass is 16.4. The Bertz CT molecular complexity index is 394. The van der Waals surface area contributed by atoms with E-state index in [0.717, 1.165) is 18.9 Å². The zero-order chi connectivity index (χ0) is 14.0. The molecule has 0 aliphatic carbocycles. The molecule has 1 amide bonds. The number of benzene rings is 1. The van der Waals surface area contributed by atoms with Crippen LogP contribution in [0.4, 0.5) is 0 Å². The molecular formula is C13H17NO4. The fraction of sp³-hybridized carbons (Fsp3) is 0.231. The molecule has 1 aromatic rings. The summed E-state index contributed by atoms with van der Waals surface area (Å²) in [6, 6.07) is 6.92. The zero-order valence-electron chi connectivity index (χ0n) is 10.2. The van der Waals surface area contributed by atoms with Crippen molar-refractivity contribution in [3.05, 3.63) is 42.5 Å². The highest BCUT2D eigenvalue weighted by Crippen LogP contribution is 2.09. The van der Waals surface area contributed by atoms with Crippen LogP contribution in [0.1, 0.15) is 12.5 Å². The summed E-state index contributed by atoms with van der Waals surface area (Å²) in [6.07, 6.45) is 2.00. The molecular weight excluding hydrogens is 234 g/mol. The number of carbonyl (C=O) groups is 2. The lowest BCUT2D eigenvalue weighted by Crippen LogP contribution is -2.23. The van der Waals surface area contributed by atoms with Crippen LogP contribution in [0.3, 0.4) is 0 Å². The van der Waals surface area contributed by atoms with E-state index in [1.807, 2.05) is 12.1 Å². The number of amides is 1. The molecule has 98 valence electrons. The number of aromatic hydroxyl groups is 1. The van der Waals surface area contributed by atoms with Crippen LogP contribution in [0.5, 0.6) is 5.75 Å². The molecule has 0 aromatic heterocycles. The molecule has 0 saturated carbocycles. The second kappa shape index (κ2) is 8.81. The Hall–Kier alpha value is -2.30. The van der Waals surface area contributed by atoms with E-state index in [2.05, 4.69) is 11.9 Å². The number of phenolic OH excluding ortho intramolecular Hbond substituents is 1. The van der Waals surface area contributed by atoms with Crippen LogP contribution in [-0.4, -0.2) is 28.6 Å². The fourth-order valence-electron chi connectivity index (χ4n) is 1.06. The minimum absolute atomic E-state index is 0.163. The topological polar surface area (TPSA) is 86.6 Å². The molecule has 0 radical (unpaired) electrons. The number of hydrogen-bond donors (Lipinski definition) is 3. The lowest BCUT2D eigenvalue weighted by Gasteiger charge is -2.02. The second-order valence-electron chi connectivity index (χ2n) is 3.43. The van der Waals surface area contributed by atoms with E-state index in [1.165, 1.54) is 6.08 Å². The molecule has 0 bridgehead atoms. The molecule has 0 heterocycles. The summed E-state index contributed by atoms with van der Waals surface area (Å²) >= 11 is 0. The van der Waals surface area contributed by atoms with Crippen LogP contribution in [0.15, 0.2) is 36.9 Å². The summed E-state index contributed by atoms with van der Waals surface area (Å²) < 4.78 is 0. The Labute approximate surface area is 106 Å². The average molecular weight is 251 g/mol. The van der Waals surface area contributed by atoms with Gasteiger partial charge >= 0.3 is 0 Å². The summed E-state index contributed by atoms with van der Waals surface area (Å²) in [6.45, 7) is 5.02. The predicted molar refractivity (Wildman–Crippen MR) is 68.3 cm³/mol. The number of hydrogen-bond acceptors (Lipinski definition) is 3. The molecule has 0 saturated heterocycles. The van der Waals surface area contributed by atoms with Gasteiger partial charge in [-0.1, -0.05) is 18.7 Å². The normalized spacial score (nSPS) is 8.72. The number of carbonyl (C=O) groups excluding carboxylic acids is 1. The highest BCUT2D eigenvalue weighted by Gasteiger charge is 1.95. The van der Waals surface area contributed by atoms with E-state index in [-0.39, 0.29) is 11.7 Å². The Morgan fingerprint density at radius 1 is 1.33 bits per heavy atom. The maximum atomic E-state index is 10.8. The Morgan fingerprint density at radius 3 is 2.28 bits per heavy atom. The van der Waals surface area contributed by atoms with Crippen LogP contribution in [0.2, 0.25) is 0 Å². The smallest absolute Gasteiger partial charge is 0.300 e. The van der Waals surface area contributed by atoms with Gasteiger partial charge in [-0.25, -0.2) is 0 Å². The monoisotopic (exact) mass is 251 g/mol. The van der Waals surface area contributed by atoms with Gasteiger partial charge in [-0.3, -0.25) is 9.59 Å². The first kappa shape index (κ1) is 15.7. The molecule has 0 atom stereocenters. The Balaban J connectivity index is 0.000000631. The molecule has 0 fully saturated rings. The lowest BCUT2D eigenvalue weighted by molar-refractivity contribution is -0.134. The van der Waals surface area contributed by atoms with E-state index in [0.29, 0.717) is 6.54 Å². The fourth-order valence-corrected chi connectivity index (χ4v) is 1.06. The van der Waals surface area contributed by atoms with Gasteiger partial charge in [0.15, 0.2) is 0 Å². The third kappa shape index (κ3) is 8.96. The van der Waals surface area contributed by atoms with E-state index in [1.54, 1.807) is 12.1 Å². The van der Waals surface area contributed by atoms with E-state index in [4.69, 9.17) is 15.0 Å². The molecule has 0 aliphatic rings. The summed E-state index contributed by atoms with van der Waals surface area (Å²) in [5, 5.41) is 19.1. The van der Waals surface area contributed by atoms with Gasteiger partial charge in [0, 0.05) is 13.5 Å². The molecule has 1 rings (SSSR count). The molecule has 5 heteroatoms. The van der Waals surface area contributed by atoms with Gasteiger partial charge in [-0.2, -0.15) is 0 Å². The lowest BCUT2D eigenvalue weighted by atomic mass is 10.1. The summed E-state index contributed by atoms with van der Waals surface area (Å²) in [7, 11) is 0. The third-order valence-corrected chi connectivity index (χ3v) is 1.83. The minimum atomic E-state index is -0.833. The number of aliphatic carboxylic acids is 1. The number of nitrogens with one attached hydrogen (secondary N) is 1. The minimum Gasteiger partial charge on any atom is -0.508 e. The standard InChI is InChI=1S/C11H13NO2.C2H4O2/c1-2-11(14)12-8-7-9-3-5-10(13)6-4-9;1-2(3)4/h2-6,13H,1,7-8H2,(H,12,14);1H3,(H,3,4). The Morgan fingerprint density at radius 2 is 1.83 bits per heavy atom. The van der Waals surface area contributed by atoms with Gasteiger partial charge in [-0.05, 0) is 30.2 Å². The van der Waals surface area contributed by atoms with Crippen LogP contribution in [0.25, 0.3) is 0 Å². The maximum absolute atomic E-state index is 10.8. The summed E-state index contributed by atoms with van der Waals surface area (Å²) in [5.74, 6) is -0.743. The molecule has 0 aliphatic heterocycles. The summed E-state index contributed by atoms with van der Waals surface area (Å²) in [4.78, 5) is 19.8. The quantitative estimate of drug-likeness (QED) is 0.704. The second-order valence-corrected chi connectivity index (χ2v) is 3.43. The Kier molecular flexibility index (Phi) is 7.68. The van der Waals surface area contributed by atoms with Crippen LogP contribution in [0, 0.1) is 0 Å². The van der Waals surface area contributed by atoms with E-state index in [9.17, 15) is 4.79 Å². The van der Waals surface area contributed by atoms with Gasteiger partial charge < -0.3 is 15.5 Å². The zero-order valence-corrected chi connectivity index (χ0v) is 10.2. The van der Waals surface area contributed by atoms with Gasteiger partial charge in [0.05, 0.1) is 0 Å². The van der Waals surface area contributed by atoms with E-state index >= 15 is 0 Å². The molecule has 1 aromatic carbocycles. The van der Waals surface area contributed by atoms with Gasteiger partial charge in [0.2, 0.25) is 5.91 Å². The van der Waals surface area contributed by atoms with Gasteiger partial charge in [0.1, 0.15) is 5.75 Å². The van der Waals surface area contributed by atoms with Crippen molar-refractivity contribution >= 4 is 11.9 Å². The number of carboxylic acids is 1. The average Bonchev–Trinajstić information content (AvgIpc) is 2.31. The number of carboxylic acid groups (broad SMARTS) is 1. The first-order valence-corrected chi connectivity index (χ1v) is 5.33. The van der Waals surface area contributed by atoms with Crippen molar-refractivity contribution in [2.24, 2.45) is 0 Å². The maximum Gasteiger partial charge on any atom is 0.300 e. The van der Waals surface area contributed by atoms with Crippen molar-refractivity contribution in [1.29, 1.82) is 0 Å². The number of rotatable bonds is 4. The highest BCUT2D eigenvalue weighted by molar-refractivity contribution is 5.86. The molecule has 3 N–H and O–H groups in total. The SMILES string of the molecule is C=CC(=O)NCCc1ccc(O)cc1.CC(=O)O. The number of phenols is 1. The van der Waals surface area contributed by atoms with E-state index < -0.39 is 5.97 Å².